The molecule has 0 saturated heterocycles. The molecular formula is C17H22N2O4S. The van der Waals surface area contributed by atoms with Crippen molar-refractivity contribution in [2.75, 3.05) is 14.1 Å². The molecule has 4 rings (SSSR count). The predicted molar refractivity (Wildman–Crippen MR) is 90.3 cm³/mol. The highest BCUT2D eigenvalue weighted by molar-refractivity contribution is 7.89. The smallest absolute Gasteiger partial charge is 0.408 e. The molecule has 2 aliphatic carbocycles. The zero-order valence-corrected chi connectivity index (χ0v) is 14.8. The Morgan fingerprint density at radius 1 is 1.21 bits per heavy atom. The van der Waals surface area contributed by atoms with Crippen molar-refractivity contribution in [3.8, 4) is 0 Å². The second kappa shape index (κ2) is 5.46. The van der Waals surface area contributed by atoms with Gasteiger partial charge in [-0.05, 0) is 55.6 Å². The van der Waals surface area contributed by atoms with Crippen LogP contribution >= 0.6 is 0 Å². The third-order valence-corrected chi connectivity index (χ3v) is 7.32. The third-order valence-electron chi connectivity index (χ3n) is 5.51. The summed E-state index contributed by atoms with van der Waals surface area (Å²) in [6.45, 7) is 0.662. The monoisotopic (exact) mass is 350 g/mol. The molecule has 0 aliphatic heterocycles. The van der Waals surface area contributed by atoms with Gasteiger partial charge in [-0.1, -0.05) is 0 Å². The minimum Gasteiger partial charge on any atom is -0.408 e. The Morgan fingerprint density at radius 2 is 2.00 bits per heavy atom. The lowest BCUT2D eigenvalue weighted by atomic mass is 9.89. The molecule has 7 heteroatoms. The predicted octanol–water partition coefficient (Wildman–Crippen LogP) is 2.28. The van der Waals surface area contributed by atoms with Crippen molar-refractivity contribution in [3.05, 3.63) is 28.7 Å². The standard InChI is InChI=1S/C17H22N2O4S/c1-18(2)24(21,22)14-5-6-15-16(9-14)23-17(20)19(15)10-11-3-4-12-8-13(12)7-11/h5-6,9,11-13H,3-4,7-8,10H2,1-2H3. The van der Waals surface area contributed by atoms with E-state index < -0.39 is 15.8 Å². The van der Waals surface area contributed by atoms with Gasteiger partial charge in [-0.25, -0.2) is 17.5 Å². The Balaban J connectivity index is 1.67. The summed E-state index contributed by atoms with van der Waals surface area (Å²) in [6, 6.07) is 4.67. The molecule has 2 aromatic rings. The Labute approximate surface area is 141 Å². The molecule has 1 aromatic carbocycles. The molecule has 3 atom stereocenters. The van der Waals surface area contributed by atoms with E-state index in [1.165, 1.54) is 39.4 Å². The van der Waals surface area contributed by atoms with Gasteiger partial charge in [0.1, 0.15) is 0 Å². The molecular weight excluding hydrogens is 328 g/mol. The first-order valence-corrected chi connectivity index (χ1v) is 9.86. The van der Waals surface area contributed by atoms with Gasteiger partial charge in [-0.2, -0.15) is 0 Å². The number of fused-ring (bicyclic) bond motifs is 2. The molecule has 2 saturated carbocycles. The van der Waals surface area contributed by atoms with Gasteiger partial charge in [0.05, 0.1) is 10.4 Å². The fraction of sp³-hybridized carbons (Fsp3) is 0.588. The summed E-state index contributed by atoms with van der Waals surface area (Å²) >= 11 is 0. The molecule has 0 spiro atoms. The normalized spacial score (nSPS) is 26.7. The van der Waals surface area contributed by atoms with Gasteiger partial charge < -0.3 is 4.42 Å². The van der Waals surface area contributed by atoms with E-state index in [1.54, 1.807) is 16.7 Å². The van der Waals surface area contributed by atoms with Crippen molar-refractivity contribution >= 4 is 21.1 Å². The largest absolute Gasteiger partial charge is 0.419 e. The summed E-state index contributed by atoms with van der Waals surface area (Å²) in [6.07, 6.45) is 4.97. The van der Waals surface area contributed by atoms with Gasteiger partial charge in [-0.3, -0.25) is 4.57 Å². The molecule has 1 aromatic heterocycles. The van der Waals surface area contributed by atoms with Crippen LogP contribution in [0.15, 0.2) is 32.3 Å². The first-order valence-electron chi connectivity index (χ1n) is 8.42. The summed E-state index contributed by atoms with van der Waals surface area (Å²) in [7, 11) is -0.576. The number of sulfonamides is 1. The van der Waals surface area contributed by atoms with Crippen LogP contribution in [-0.4, -0.2) is 31.4 Å². The van der Waals surface area contributed by atoms with Crippen molar-refractivity contribution in [1.29, 1.82) is 0 Å². The van der Waals surface area contributed by atoms with Crippen molar-refractivity contribution < 1.29 is 12.8 Å². The van der Waals surface area contributed by atoms with Crippen LogP contribution in [-0.2, 0) is 16.6 Å². The van der Waals surface area contributed by atoms with E-state index in [2.05, 4.69) is 0 Å². The molecule has 0 radical (unpaired) electrons. The highest BCUT2D eigenvalue weighted by Gasteiger charge is 2.42. The van der Waals surface area contributed by atoms with Crippen LogP contribution in [0.1, 0.15) is 25.7 Å². The van der Waals surface area contributed by atoms with Gasteiger partial charge >= 0.3 is 5.76 Å². The third kappa shape index (κ3) is 2.59. The summed E-state index contributed by atoms with van der Waals surface area (Å²) in [5.41, 5.74) is 1.01. The lowest BCUT2D eigenvalue weighted by Crippen LogP contribution is -2.22. The molecule has 3 unspecified atom stereocenters. The van der Waals surface area contributed by atoms with Gasteiger partial charge in [0, 0.05) is 26.7 Å². The molecule has 0 bridgehead atoms. The van der Waals surface area contributed by atoms with Crippen LogP contribution in [0.25, 0.3) is 11.1 Å². The van der Waals surface area contributed by atoms with Gasteiger partial charge in [-0.15, -0.1) is 0 Å². The second-order valence-corrected chi connectivity index (χ2v) is 9.48. The Hall–Kier alpha value is -1.60. The number of hydrogen-bond acceptors (Lipinski definition) is 4. The molecule has 0 amide bonds. The number of hydrogen-bond donors (Lipinski definition) is 0. The summed E-state index contributed by atoms with van der Waals surface area (Å²) < 4.78 is 32.6. The quantitative estimate of drug-likeness (QED) is 0.848. The lowest BCUT2D eigenvalue weighted by molar-refractivity contribution is 0.301. The minimum absolute atomic E-state index is 0.138. The molecule has 2 aliphatic rings. The number of oxazole rings is 1. The van der Waals surface area contributed by atoms with Crippen LogP contribution in [0, 0.1) is 17.8 Å². The average molecular weight is 350 g/mol. The second-order valence-electron chi connectivity index (χ2n) is 7.33. The van der Waals surface area contributed by atoms with Crippen molar-refractivity contribution in [2.24, 2.45) is 17.8 Å². The van der Waals surface area contributed by atoms with E-state index in [1.807, 2.05) is 0 Å². The Bertz CT molecular complexity index is 941. The van der Waals surface area contributed by atoms with E-state index >= 15 is 0 Å². The van der Waals surface area contributed by atoms with E-state index in [-0.39, 0.29) is 4.90 Å². The molecule has 24 heavy (non-hydrogen) atoms. The molecule has 6 nitrogen and oxygen atoms in total. The summed E-state index contributed by atoms with van der Waals surface area (Å²) in [5.74, 6) is 1.90. The molecule has 0 N–H and O–H groups in total. The van der Waals surface area contributed by atoms with E-state index in [4.69, 9.17) is 4.42 Å². The van der Waals surface area contributed by atoms with Crippen LogP contribution in [0.5, 0.6) is 0 Å². The van der Waals surface area contributed by atoms with Crippen LogP contribution in [0.3, 0.4) is 0 Å². The lowest BCUT2D eigenvalue weighted by Gasteiger charge is -2.21. The summed E-state index contributed by atoms with van der Waals surface area (Å²) in [4.78, 5) is 12.4. The zero-order chi connectivity index (χ0) is 17.1. The maximum atomic E-state index is 12.2. The molecule has 130 valence electrons. The summed E-state index contributed by atoms with van der Waals surface area (Å²) in [5, 5.41) is 0. The van der Waals surface area contributed by atoms with Crippen molar-refractivity contribution in [1.82, 2.24) is 8.87 Å². The van der Waals surface area contributed by atoms with E-state index in [9.17, 15) is 13.2 Å². The fourth-order valence-electron chi connectivity index (χ4n) is 3.96. The number of rotatable bonds is 4. The zero-order valence-electron chi connectivity index (χ0n) is 13.9. The first-order chi connectivity index (χ1) is 11.4. The van der Waals surface area contributed by atoms with Gasteiger partial charge in [0.25, 0.3) is 0 Å². The average Bonchev–Trinajstić information content (AvgIpc) is 3.24. The van der Waals surface area contributed by atoms with Gasteiger partial charge in [0.2, 0.25) is 10.0 Å². The van der Waals surface area contributed by atoms with Crippen LogP contribution in [0.2, 0.25) is 0 Å². The maximum absolute atomic E-state index is 12.2. The highest BCUT2D eigenvalue weighted by atomic mass is 32.2. The van der Waals surface area contributed by atoms with E-state index in [0.717, 1.165) is 22.6 Å². The van der Waals surface area contributed by atoms with Gasteiger partial charge in [0.15, 0.2) is 5.58 Å². The Morgan fingerprint density at radius 3 is 2.71 bits per heavy atom. The topological polar surface area (TPSA) is 72.5 Å². The van der Waals surface area contributed by atoms with E-state index in [0.29, 0.717) is 23.6 Å². The number of aromatic nitrogens is 1. The fourth-order valence-corrected chi connectivity index (χ4v) is 4.88. The van der Waals surface area contributed by atoms with Crippen molar-refractivity contribution in [3.63, 3.8) is 0 Å². The van der Waals surface area contributed by atoms with Crippen LogP contribution < -0.4 is 5.76 Å². The highest BCUT2D eigenvalue weighted by Crippen LogP contribution is 2.51. The molecule has 1 heterocycles. The maximum Gasteiger partial charge on any atom is 0.419 e. The number of benzene rings is 1. The van der Waals surface area contributed by atoms with Crippen LogP contribution in [0.4, 0.5) is 0 Å². The first kappa shape index (κ1) is 15.9. The molecule has 2 fully saturated rings. The minimum atomic E-state index is -3.54. The van der Waals surface area contributed by atoms with Crippen molar-refractivity contribution in [2.45, 2.75) is 37.1 Å². The Kier molecular flexibility index (Phi) is 3.61. The SMILES string of the molecule is CN(C)S(=O)(=O)c1ccc2c(c1)oc(=O)n2CC1CCC2CC2C1. The number of nitrogens with zero attached hydrogens (tertiary/aromatic N) is 2.